The van der Waals surface area contributed by atoms with Gasteiger partial charge in [-0.1, -0.05) is 26.7 Å². The highest BCUT2D eigenvalue weighted by atomic mass is 32.1. The summed E-state index contributed by atoms with van der Waals surface area (Å²) in [6.07, 6.45) is 4.35. The van der Waals surface area contributed by atoms with Crippen LogP contribution in [0.1, 0.15) is 56.0 Å². The first-order valence-electron chi connectivity index (χ1n) is 7.69. The summed E-state index contributed by atoms with van der Waals surface area (Å²) >= 11 is 1.59. The van der Waals surface area contributed by atoms with Crippen LogP contribution in [-0.4, -0.2) is 28.4 Å². The first-order chi connectivity index (χ1) is 10.1. The average Bonchev–Trinajstić information content (AvgIpc) is 2.93. The first-order valence-corrected chi connectivity index (χ1v) is 8.57. The van der Waals surface area contributed by atoms with E-state index in [1.807, 2.05) is 11.4 Å². The lowest BCUT2D eigenvalue weighted by Gasteiger charge is -2.35. The second-order valence-corrected chi connectivity index (χ2v) is 6.60. The summed E-state index contributed by atoms with van der Waals surface area (Å²) in [6.45, 7) is 4.66. The van der Waals surface area contributed by atoms with Gasteiger partial charge in [-0.15, -0.1) is 11.3 Å². The van der Waals surface area contributed by atoms with E-state index >= 15 is 0 Å². The maximum atomic E-state index is 12.8. The molecule has 0 fully saturated rings. The van der Waals surface area contributed by atoms with Crippen molar-refractivity contribution in [1.29, 1.82) is 0 Å². The molecule has 0 saturated heterocycles. The fourth-order valence-corrected chi connectivity index (χ4v) is 4.05. The Kier molecular flexibility index (Phi) is 5.39. The molecule has 116 valence electrons. The van der Waals surface area contributed by atoms with E-state index in [0.29, 0.717) is 6.54 Å². The van der Waals surface area contributed by atoms with Crippen molar-refractivity contribution in [2.24, 2.45) is 5.92 Å². The zero-order valence-electron chi connectivity index (χ0n) is 12.7. The fourth-order valence-electron chi connectivity index (χ4n) is 3.14. The molecule has 0 spiro atoms. The molecule has 0 aliphatic carbocycles. The maximum absolute atomic E-state index is 12.8. The Balaban J connectivity index is 2.25. The fraction of sp³-hybridized carbons (Fsp3) is 0.625. The van der Waals surface area contributed by atoms with Crippen molar-refractivity contribution in [3.05, 3.63) is 21.9 Å². The summed E-state index contributed by atoms with van der Waals surface area (Å²) < 4.78 is 0. The molecule has 2 heterocycles. The SMILES string of the molecule is CCCC(CCC)C(=O)N1CCc2sccc2C1C(=O)O. The summed E-state index contributed by atoms with van der Waals surface area (Å²) in [7, 11) is 0. The molecule has 2 rings (SSSR count). The molecule has 1 N–H and O–H groups in total. The van der Waals surface area contributed by atoms with Gasteiger partial charge >= 0.3 is 5.97 Å². The minimum Gasteiger partial charge on any atom is -0.479 e. The number of fused-ring (bicyclic) bond motifs is 1. The van der Waals surface area contributed by atoms with Crippen molar-refractivity contribution in [2.45, 2.75) is 52.0 Å². The second kappa shape index (κ2) is 7.07. The maximum Gasteiger partial charge on any atom is 0.331 e. The van der Waals surface area contributed by atoms with Gasteiger partial charge in [-0.25, -0.2) is 4.79 Å². The van der Waals surface area contributed by atoms with Crippen LogP contribution in [-0.2, 0) is 16.0 Å². The molecule has 1 amide bonds. The number of aliphatic carboxylic acids is 1. The molecule has 1 unspecified atom stereocenters. The molecule has 0 aromatic carbocycles. The van der Waals surface area contributed by atoms with Crippen molar-refractivity contribution in [3.8, 4) is 0 Å². The Hall–Kier alpha value is -1.36. The van der Waals surface area contributed by atoms with E-state index in [2.05, 4.69) is 13.8 Å². The molecule has 0 bridgehead atoms. The molecule has 4 nitrogen and oxygen atoms in total. The van der Waals surface area contributed by atoms with E-state index in [9.17, 15) is 14.7 Å². The summed E-state index contributed by atoms with van der Waals surface area (Å²) in [4.78, 5) is 27.2. The van der Waals surface area contributed by atoms with Gasteiger partial charge in [0.05, 0.1) is 0 Å². The molecule has 0 saturated carbocycles. The van der Waals surface area contributed by atoms with E-state index < -0.39 is 12.0 Å². The number of hydrogen-bond acceptors (Lipinski definition) is 3. The molecule has 1 atom stereocenters. The Morgan fingerprint density at radius 3 is 2.62 bits per heavy atom. The number of carboxylic acid groups (broad SMARTS) is 1. The molecule has 1 aliphatic rings. The second-order valence-electron chi connectivity index (χ2n) is 5.60. The lowest BCUT2D eigenvalue weighted by molar-refractivity contribution is -0.153. The van der Waals surface area contributed by atoms with Gasteiger partial charge < -0.3 is 10.0 Å². The van der Waals surface area contributed by atoms with Gasteiger partial charge in [0.2, 0.25) is 5.91 Å². The largest absolute Gasteiger partial charge is 0.479 e. The number of hydrogen-bond donors (Lipinski definition) is 1. The van der Waals surface area contributed by atoms with Gasteiger partial charge in [0.1, 0.15) is 0 Å². The summed E-state index contributed by atoms with van der Waals surface area (Å²) in [6, 6.07) is 1.05. The van der Waals surface area contributed by atoms with E-state index in [1.165, 1.54) is 0 Å². The number of carbonyl (C=O) groups is 2. The number of amides is 1. The van der Waals surface area contributed by atoms with Crippen LogP contribution in [0.3, 0.4) is 0 Å². The Morgan fingerprint density at radius 1 is 1.38 bits per heavy atom. The number of thiophene rings is 1. The van der Waals surface area contributed by atoms with Crippen molar-refractivity contribution >= 4 is 23.2 Å². The predicted octanol–water partition coefficient (Wildman–Crippen LogP) is 3.47. The van der Waals surface area contributed by atoms with E-state index in [-0.39, 0.29) is 11.8 Å². The topological polar surface area (TPSA) is 57.6 Å². The number of rotatable bonds is 6. The first kappa shape index (κ1) is 16.0. The van der Waals surface area contributed by atoms with Gasteiger partial charge in [-0.05, 0) is 36.3 Å². The van der Waals surface area contributed by atoms with Crippen LogP contribution in [0.15, 0.2) is 11.4 Å². The van der Waals surface area contributed by atoms with Gasteiger partial charge in [0.25, 0.3) is 0 Å². The lowest BCUT2D eigenvalue weighted by Crippen LogP contribution is -2.45. The summed E-state index contributed by atoms with van der Waals surface area (Å²) in [5, 5.41) is 11.5. The van der Waals surface area contributed by atoms with Crippen LogP contribution >= 0.6 is 11.3 Å². The zero-order valence-corrected chi connectivity index (χ0v) is 13.5. The van der Waals surface area contributed by atoms with Crippen molar-refractivity contribution < 1.29 is 14.7 Å². The van der Waals surface area contributed by atoms with E-state index in [4.69, 9.17) is 0 Å². The Morgan fingerprint density at radius 2 is 2.05 bits per heavy atom. The minimum absolute atomic E-state index is 0.0166. The molecular weight excluding hydrogens is 286 g/mol. The van der Waals surface area contributed by atoms with Crippen LogP contribution in [0, 0.1) is 5.92 Å². The molecular formula is C16H23NO3S. The van der Waals surface area contributed by atoms with Gasteiger partial charge in [0.15, 0.2) is 6.04 Å². The predicted molar refractivity (Wildman–Crippen MR) is 83.4 cm³/mol. The monoisotopic (exact) mass is 309 g/mol. The number of nitrogens with zero attached hydrogens (tertiary/aromatic N) is 1. The molecule has 1 aromatic heterocycles. The van der Waals surface area contributed by atoms with Crippen LogP contribution < -0.4 is 0 Å². The van der Waals surface area contributed by atoms with Crippen LogP contribution in [0.25, 0.3) is 0 Å². The zero-order chi connectivity index (χ0) is 15.4. The van der Waals surface area contributed by atoms with Gasteiger partial charge in [0, 0.05) is 17.3 Å². The molecule has 1 aromatic rings. The quantitative estimate of drug-likeness (QED) is 0.875. The summed E-state index contributed by atoms with van der Waals surface area (Å²) in [5.41, 5.74) is 0.804. The number of carboxylic acids is 1. The minimum atomic E-state index is -0.922. The molecule has 0 radical (unpaired) electrons. The highest BCUT2D eigenvalue weighted by Gasteiger charge is 2.38. The third kappa shape index (κ3) is 3.28. The normalized spacial score (nSPS) is 17.9. The molecule has 1 aliphatic heterocycles. The smallest absolute Gasteiger partial charge is 0.331 e. The van der Waals surface area contributed by atoms with Crippen molar-refractivity contribution in [3.63, 3.8) is 0 Å². The van der Waals surface area contributed by atoms with Gasteiger partial charge in [-0.2, -0.15) is 0 Å². The van der Waals surface area contributed by atoms with Crippen LogP contribution in [0.5, 0.6) is 0 Å². The Bertz CT molecular complexity index is 505. The van der Waals surface area contributed by atoms with Crippen molar-refractivity contribution in [1.82, 2.24) is 4.90 Å². The average molecular weight is 309 g/mol. The molecule has 21 heavy (non-hydrogen) atoms. The van der Waals surface area contributed by atoms with Crippen molar-refractivity contribution in [2.75, 3.05) is 6.54 Å². The highest BCUT2D eigenvalue weighted by Crippen LogP contribution is 2.35. The lowest BCUT2D eigenvalue weighted by atomic mass is 9.93. The van der Waals surface area contributed by atoms with Gasteiger partial charge in [-0.3, -0.25) is 4.79 Å². The Labute approximate surface area is 129 Å². The van der Waals surface area contributed by atoms with E-state index in [0.717, 1.165) is 42.5 Å². The van der Waals surface area contributed by atoms with Crippen LogP contribution in [0.4, 0.5) is 0 Å². The highest BCUT2D eigenvalue weighted by molar-refractivity contribution is 7.10. The summed E-state index contributed by atoms with van der Waals surface area (Å²) in [5.74, 6) is -0.945. The molecule has 5 heteroatoms. The van der Waals surface area contributed by atoms with E-state index in [1.54, 1.807) is 16.2 Å². The third-order valence-corrected chi connectivity index (χ3v) is 5.10. The number of carbonyl (C=O) groups excluding carboxylic acids is 1. The van der Waals surface area contributed by atoms with Crippen LogP contribution in [0.2, 0.25) is 0 Å². The standard InChI is InChI=1S/C16H23NO3S/c1-3-5-11(6-4-2)15(18)17-9-7-13-12(8-10-21-13)14(17)16(19)20/h8,10-11,14H,3-7,9H2,1-2H3,(H,19,20). The third-order valence-electron chi connectivity index (χ3n) is 4.11.